The third kappa shape index (κ3) is 12.6. The summed E-state index contributed by atoms with van der Waals surface area (Å²) in [5.41, 5.74) is 0.939. The van der Waals surface area contributed by atoms with Crippen LogP contribution >= 0.6 is 0 Å². The minimum absolute atomic E-state index is 0.0342. The monoisotopic (exact) mass is 676 g/mol. The molecule has 0 aliphatic carbocycles. The summed E-state index contributed by atoms with van der Waals surface area (Å²) < 4.78 is 0. The second-order valence-electron chi connectivity index (χ2n) is 10.2. The number of rotatable bonds is 21. The summed E-state index contributed by atoms with van der Waals surface area (Å²) in [5, 5.41) is 81.7. The van der Waals surface area contributed by atoms with Crippen molar-refractivity contribution in [2.45, 2.75) is 44.1 Å². The van der Waals surface area contributed by atoms with Crippen LogP contribution in [0.1, 0.15) is 19.8 Å². The van der Waals surface area contributed by atoms with E-state index >= 15 is 0 Å². The van der Waals surface area contributed by atoms with E-state index in [0.717, 1.165) is 0 Å². The van der Waals surface area contributed by atoms with Gasteiger partial charge in [-0.15, -0.1) is 0 Å². The first-order chi connectivity index (χ1) is 22.8. The Labute approximate surface area is 271 Å². The fourth-order valence-corrected chi connectivity index (χ4v) is 3.66. The molecule has 0 bridgehead atoms. The number of carbonyl (C=O) groups is 3. The van der Waals surface area contributed by atoms with Gasteiger partial charge in [0.2, 0.25) is 35.7 Å². The number of benzene rings is 1. The van der Waals surface area contributed by atoms with Crippen LogP contribution in [-0.4, -0.2) is 134 Å². The van der Waals surface area contributed by atoms with Crippen LogP contribution in [0.2, 0.25) is 0 Å². The lowest BCUT2D eigenvalue weighted by atomic mass is 10.2. The predicted molar refractivity (Wildman–Crippen MR) is 168 cm³/mol. The molecule has 22 heteroatoms. The molecule has 3 aromatic rings. The topological polar surface area (TPSA) is 342 Å². The summed E-state index contributed by atoms with van der Waals surface area (Å²) in [5.74, 6) is -4.20. The van der Waals surface area contributed by atoms with Crippen molar-refractivity contribution in [2.24, 2.45) is 0 Å². The SMILES string of the molecule is CC(CC(=O)O)Nc1nc(NCC(O)CO)nc(Nc2ccc(Nc3nc(NCC(O)CO)nc(NC(CC(=O)O)C(=O)O)n3)cc2)n1. The fraction of sp³-hybridized carbons (Fsp3) is 0.423. The Morgan fingerprint density at radius 3 is 1.42 bits per heavy atom. The number of nitrogens with one attached hydrogen (secondary N) is 6. The lowest BCUT2D eigenvalue weighted by molar-refractivity contribution is -0.144. The quantitative estimate of drug-likeness (QED) is 0.0622. The summed E-state index contributed by atoms with van der Waals surface area (Å²) in [6.45, 7) is 0.344. The van der Waals surface area contributed by atoms with Crippen LogP contribution in [0.25, 0.3) is 0 Å². The average molecular weight is 677 g/mol. The molecular weight excluding hydrogens is 640 g/mol. The molecule has 0 radical (unpaired) electrons. The van der Waals surface area contributed by atoms with Crippen molar-refractivity contribution in [2.75, 3.05) is 58.2 Å². The van der Waals surface area contributed by atoms with Gasteiger partial charge in [-0.05, 0) is 31.2 Å². The second-order valence-corrected chi connectivity index (χ2v) is 10.2. The fourth-order valence-electron chi connectivity index (χ4n) is 3.66. The van der Waals surface area contributed by atoms with Crippen LogP contribution in [0.15, 0.2) is 24.3 Å². The van der Waals surface area contributed by atoms with E-state index in [0.29, 0.717) is 11.4 Å². The Balaban J connectivity index is 1.81. The highest BCUT2D eigenvalue weighted by atomic mass is 16.4. The molecule has 260 valence electrons. The zero-order chi connectivity index (χ0) is 35.2. The van der Waals surface area contributed by atoms with Crippen LogP contribution in [0.5, 0.6) is 0 Å². The molecule has 4 atom stereocenters. The average Bonchev–Trinajstić information content (AvgIpc) is 3.02. The number of aliphatic hydroxyl groups is 4. The maximum absolute atomic E-state index is 11.6. The zero-order valence-corrected chi connectivity index (χ0v) is 25.4. The van der Waals surface area contributed by atoms with Crippen LogP contribution in [-0.2, 0) is 14.4 Å². The molecule has 2 heterocycles. The van der Waals surface area contributed by atoms with E-state index in [1.54, 1.807) is 31.2 Å². The van der Waals surface area contributed by atoms with Gasteiger partial charge in [-0.2, -0.15) is 29.9 Å². The molecule has 0 spiro atoms. The van der Waals surface area contributed by atoms with Gasteiger partial charge in [0, 0.05) is 30.5 Å². The van der Waals surface area contributed by atoms with Crippen molar-refractivity contribution >= 4 is 65.0 Å². The van der Waals surface area contributed by atoms with Gasteiger partial charge in [-0.3, -0.25) is 9.59 Å². The molecule has 3 rings (SSSR count). The van der Waals surface area contributed by atoms with Crippen LogP contribution in [0.4, 0.5) is 47.1 Å². The van der Waals surface area contributed by atoms with E-state index in [1.807, 2.05) is 0 Å². The van der Waals surface area contributed by atoms with Crippen LogP contribution in [0, 0.1) is 0 Å². The van der Waals surface area contributed by atoms with E-state index in [1.165, 1.54) is 0 Å². The van der Waals surface area contributed by atoms with E-state index in [-0.39, 0.29) is 55.2 Å². The van der Waals surface area contributed by atoms with Crippen molar-refractivity contribution in [1.82, 2.24) is 29.9 Å². The molecule has 0 aliphatic rings. The molecule has 0 aliphatic heterocycles. The van der Waals surface area contributed by atoms with Gasteiger partial charge in [-0.25, -0.2) is 4.79 Å². The van der Waals surface area contributed by atoms with E-state index in [9.17, 15) is 29.7 Å². The van der Waals surface area contributed by atoms with Gasteiger partial charge < -0.3 is 67.6 Å². The van der Waals surface area contributed by atoms with E-state index < -0.39 is 61.8 Å². The second kappa shape index (κ2) is 17.8. The van der Waals surface area contributed by atoms with Gasteiger partial charge in [0.15, 0.2) is 0 Å². The summed E-state index contributed by atoms with van der Waals surface area (Å²) in [6.07, 6.45) is -3.22. The van der Waals surface area contributed by atoms with Crippen LogP contribution in [0.3, 0.4) is 0 Å². The Bertz CT molecular complexity index is 1530. The molecule has 0 fully saturated rings. The third-order valence-electron chi connectivity index (χ3n) is 5.92. The number of aliphatic carboxylic acids is 3. The minimum Gasteiger partial charge on any atom is -0.481 e. The number of hydrogen-bond donors (Lipinski definition) is 13. The summed E-state index contributed by atoms with van der Waals surface area (Å²) in [4.78, 5) is 58.7. The van der Waals surface area contributed by atoms with Crippen molar-refractivity contribution in [3.63, 3.8) is 0 Å². The van der Waals surface area contributed by atoms with Crippen molar-refractivity contribution in [3.05, 3.63) is 24.3 Å². The number of hydrogen-bond acceptors (Lipinski definition) is 19. The predicted octanol–water partition coefficient (Wildman–Crippen LogP) is -1.31. The van der Waals surface area contributed by atoms with E-state index in [4.69, 9.17) is 20.4 Å². The van der Waals surface area contributed by atoms with Crippen molar-refractivity contribution < 1.29 is 50.1 Å². The van der Waals surface area contributed by atoms with E-state index in [2.05, 4.69) is 61.8 Å². The zero-order valence-electron chi connectivity index (χ0n) is 25.4. The highest BCUT2D eigenvalue weighted by molar-refractivity contribution is 5.83. The number of aliphatic hydroxyl groups excluding tert-OH is 4. The highest BCUT2D eigenvalue weighted by Gasteiger charge is 2.23. The normalized spacial score (nSPS) is 13.4. The van der Waals surface area contributed by atoms with Gasteiger partial charge in [-0.1, -0.05) is 0 Å². The Hall–Kier alpha value is -5.71. The highest BCUT2D eigenvalue weighted by Crippen LogP contribution is 2.22. The number of aromatic nitrogens is 6. The number of carboxylic acids is 3. The van der Waals surface area contributed by atoms with Crippen molar-refractivity contribution in [3.8, 4) is 0 Å². The smallest absolute Gasteiger partial charge is 0.326 e. The molecule has 2 aromatic heterocycles. The molecule has 4 unspecified atom stereocenters. The Kier molecular flexibility index (Phi) is 13.7. The first kappa shape index (κ1) is 36.8. The lowest BCUT2D eigenvalue weighted by Crippen LogP contribution is -2.33. The number of carboxylic acid groups (broad SMARTS) is 3. The van der Waals surface area contributed by atoms with Gasteiger partial charge in [0.25, 0.3) is 0 Å². The number of nitrogens with zero attached hydrogens (tertiary/aromatic N) is 6. The molecular formula is C26H36N12O10. The summed E-state index contributed by atoms with van der Waals surface area (Å²) >= 11 is 0. The minimum atomic E-state index is -1.57. The van der Waals surface area contributed by atoms with Crippen molar-refractivity contribution in [1.29, 1.82) is 0 Å². The van der Waals surface area contributed by atoms with Crippen LogP contribution < -0.4 is 31.9 Å². The molecule has 22 nitrogen and oxygen atoms in total. The first-order valence-corrected chi connectivity index (χ1v) is 14.2. The number of anilines is 8. The van der Waals surface area contributed by atoms with Gasteiger partial charge in [0.05, 0.1) is 38.3 Å². The summed E-state index contributed by atoms with van der Waals surface area (Å²) in [7, 11) is 0. The molecule has 0 saturated heterocycles. The van der Waals surface area contributed by atoms with Gasteiger partial charge >= 0.3 is 17.9 Å². The van der Waals surface area contributed by atoms with Gasteiger partial charge in [0.1, 0.15) is 6.04 Å². The largest absolute Gasteiger partial charge is 0.481 e. The lowest BCUT2D eigenvalue weighted by Gasteiger charge is -2.16. The summed E-state index contributed by atoms with van der Waals surface area (Å²) in [6, 6.07) is 4.36. The maximum Gasteiger partial charge on any atom is 0.326 e. The molecule has 13 N–H and O–H groups in total. The standard InChI is InChI=1S/C26H36N12O10/c1-12(6-18(43)44)29-23-33-21(27-8-15(41)10-39)34-24(37-23)30-13-2-4-14(5-3-13)31-25-35-22(28-9-16(42)11-40)36-26(38-25)32-17(20(47)48)7-19(45)46/h2-5,12,15-17,39-42H,6-11H2,1H3,(H,43,44)(H,45,46)(H,47,48)(H3,27,29,30,33,34,37)(H3,28,31,32,35,36,38). The maximum atomic E-state index is 11.6. The Morgan fingerprint density at radius 2 is 1.02 bits per heavy atom. The first-order valence-electron chi connectivity index (χ1n) is 14.2. The molecule has 0 amide bonds. The third-order valence-corrected chi connectivity index (χ3v) is 5.92. The molecule has 0 saturated carbocycles. The Morgan fingerprint density at radius 1 is 0.625 bits per heavy atom. The molecule has 1 aromatic carbocycles. The molecule has 48 heavy (non-hydrogen) atoms.